The minimum atomic E-state index is -0.0403. The van der Waals surface area contributed by atoms with Crippen molar-refractivity contribution in [3.63, 3.8) is 0 Å². The molecule has 1 aromatic rings. The first-order chi connectivity index (χ1) is 9.41. The van der Waals surface area contributed by atoms with Crippen molar-refractivity contribution >= 4 is 5.91 Å². The van der Waals surface area contributed by atoms with Crippen molar-refractivity contribution in [2.75, 3.05) is 32.7 Å². The Morgan fingerprint density at radius 3 is 2.25 bits per heavy atom. The third-order valence-corrected chi connectivity index (χ3v) is 3.76. The summed E-state index contributed by atoms with van der Waals surface area (Å²) in [7, 11) is 0. The van der Waals surface area contributed by atoms with Gasteiger partial charge in [0.1, 0.15) is 0 Å². The van der Waals surface area contributed by atoms with Gasteiger partial charge < -0.3 is 9.80 Å². The molecule has 1 aliphatic heterocycles. The van der Waals surface area contributed by atoms with Crippen LogP contribution in [-0.4, -0.2) is 58.6 Å². The summed E-state index contributed by atoms with van der Waals surface area (Å²) in [5.74, 6) is -0.00582. The van der Waals surface area contributed by atoms with Crippen LogP contribution in [0.3, 0.4) is 0 Å². The summed E-state index contributed by atoms with van der Waals surface area (Å²) in [6.07, 6.45) is 0. The van der Waals surface area contributed by atoms with E-state index < -0.39 is 0 Å². The van der Waals surface area contributed by atoms with Crippen LogP contribution in [0.25, 0.3) is 0 Å². The summed E-state index contributed by atoms with van der Waals surface area (Å²) in [5.41, 5.74) is 1.31. The Hall–Kier alpha value is -1.49. The van der Waals surface area contributed by atoms with Gasteiger partial charge in [0, 0.05) is 31.6 Å². The average molecular weight is 276 g/mol. The van der Waals surface area contributed by atoms with Gasteiger partial charge in [-0.2, -0.15) is 5.10 Å². The lowest BCUT2D eigenvalue weighted by Crippen LogP contribution is -2.48. The van der Waals surface area contributed by atoms with Crippen LogP contribution in [0, 0.1) is 0 Å². The average Bonchev–Trinajstić information content (AvgIpc) is 2.46. The zero-order valence-corrected chi connectivity index (χ0v) is 12.9. The Morgan fingerprint density at radius 2 is 1.80 bits per heavy atom. The van der Waals surface area contributed by atoms with E-state index in [1.807, 2.05) is 11.0 Å². The predicted octanol–water partition coefficient (Wildman–Crippen LogP) is 1.55. The van der Waals surface area contributed by atoms with Crippen LogP contribution in [0.4, 0.5) is 0 Å². The maximum atomic E-state index is 12.4. The highest BCUT2D eigenvalue weighted by molar-refractivity contribution is 5.92. The molecular formula is C15H24N4O. The van der Waals surface area contributed by atoms with E-state index >= 15 is 0 Å². The van der Waals surface area contributed by atoms with E-state index in [1.165, 1.54) is 0 Å². The molecule has 0 bridgehead atoms. The molecule has 5 heteroatoms. The number of piperazine rings is 1. The quantitative estimate of drug-likeness (QED) is 0.822. The lowest BCUT2D eigenvalue weighted by Gasteiger charge is -2.33. The minimum Gasteiger partial charge on any atom is -0.335 e. The Morgan fingerprint density at radius 1 is 1.15 bits per heavy atom. The fourth-order valence-electron chi connectivity index (χ4n) is 2.28. The summed E-state index contributed by atoms with van der Waals surface area (Å²) >= 11 is 0. The van der Waals surface area contributed by atoms with Gasteiger partial charge in [-0.3, -0.25) is 4.79 Å². The first kappa shape index (κ1) is 14.9. The first-order valence-electron chi connectivity index (χ1n) is 7.27. The Kier molecular flexibility index (Phi) is 4.38. The fourth-order valence-corrected chi connectivity index (χ4v) is 2.28. The van der Waals surface area contributed by atoms with Crippen molar-refractivity contribution in [3.05, 3.63) is 23.5 Å². The van der Waals surface area contributed by atoms with Crippen molar-refractivity contribution in [3.8, 4) is 0 Å². The summed E-state index contributed by atoms with van der Waals surface area (Å²) in [6, 6.07) is 3.70. The lowest BCUT2D eigenvalue weighted by atomic mass is 9.92. The normalized spacial score (nSPS) is 17.3. The second kappa shape index (κ2) is 5.87. The van der Waals surface area contributed by atoms with E-state index in [-0.39, 0.29) is 11.3 Å². The number of carbonyl (C=O) groups excluding carboxylic acids is 1. The summed E-state index contributed by atoms with van der Waals surface area (Å²) in [5, 5.41) is 8.29. The largest absolute Gasteiger partial charge is 0.335 e. The highest BCUT2D eigenvalue weighted by Gasteiger charge is 2.23. The van der Waals surface area contributed by atoms with Crippen LogP contribution in [0.2, 0.25) is 0 Å². The van der Waals surface area contributed by atoms with Gasteiger partial charge in [0.25, 0.3) is 5.91 Å². The molecule has 1 fully saturated rings. The molecule has 0 unspecified atom stereocenters. The Balaban J connectivity index is 2.03. The molecule has 0 aromatic carbocycles. The van der Waals surface area contributed by atoms with Gasteiger partial charge in [0.2, 0.25) is 0 Å². The smallest absolute Gasteiger partial charge is 0.274 e. The van der Waals surface area contributed by atoms with Crippen LogP contribution >= 0.6 is 0 Å². The SMILES string of the molecule is CCN1CCN(C(=O)c2ccc(C(C)(C)C)nn2)CC1. The molecule has 0 saturated carbocycles. The predicted molar refractivity (Wildman–Crippen MR) is 78.7 cm³/mol. The molecule has 0 atom stereocenters. The molecule has 2 heterocycles. The van der Waals surface area contributed by atoms with Gasteiger partial charge in [-0.05, 0) is 18.7 Å². The van der Waals surface area contributed by atoms with Crippen molar-refractivity contribution in [2.24, 2.45) is 0 Å². The number of amides is 1. The van der Waals surface area contributed by atoms with Crippen molar-refractivity contribution in [2.45, 2.75) is 33.1 Å². The van der Waals surface area contributed by atoms with Crippen molar-refractivity contribution < 1.29 is 4.79 Å². The van der Waals surface area contributed by atoms with Crippen LogP contribution in [0.15, 0.2) is 12.1 Å². The zero-order valence-electron chi connectivity index (χ0n) is 12.9. The van der Waals surface area contributed by atoms with Crippen molar-refractivity contribution in [1.29, 1.82) is 0 Å². The molecule has 1 aromatic heterocycles. The third kappa shape index (κ3) is 3.33. The fraction of sp³-hybridized carbons (Fsp3) is 0.667. The van der Waals surface area contributed by atoms with Crippen LogP contribution in [-0.2, 0) is 5.41 Å². The monoisotopic (exact) mass is 276 g/mol. The number of hydrogen-bond donors (Lipinski definition) is 0. The molecule has 0 aliphatic carbocycles. The Bertz CT molecular complexity index is 456. The van der Waals surface area contributed by atoms with Gasteiger partial charge in [0.05, 0.1) is 5.69 Å². The standard InChI is InChI=1S/C15H24N4O/c1-5-18-8-10-19(11-9-18)14(20)12-6-7-13(17-16-12)15(2,3)4/h6-7H,5,8-11H2,1-4H3. The minimum absolute atomic E-state index is 0.00582. The molecule has 20 heavy (non-hydrogen) atoms. The molecule has 2 rings (SSSR count). The maximum absolute atomic E-state index is 12.4. The van der Waals surface area contributed by atoms with Gasteiger partial charge in [-0.25, -0.2) is 0 Å². The lowest BCUT2D eigenvalue weighted by molar-refractivity contribution is 0.0636. The number of rotatable bonds is 2. The number of aromatic nitrogens is 2. The van der Waals surface area contributed by atoms with E-state index in [2.05, 4.69) is 42.8 Å². The number of likely N-dealkylation sites (N-methyl/N-ethyl adjacent to an activating group) is 1. The molecule has 110 valence electrons. The molecular weight excluding hydrogens is 252 g/mol. The molecule has 1 amide bonds. The molecule has 1 saturated heterocycles. The second-order valence-corrected chi connectivity index (χ2v) is 6.28. The topological polar surface area (TPSA) is 49.3 Å². The van der Waals surface area contributed by atoms with E-state index in [0.29, 0.717) is 5.69 Å². The Labute approximate surface area is 121 Å². The van der Waals surface area contributed by atoms with Crippen LogP contribution in [0.5, 0.6) is 0 Å². The highest BCUT2D eigenvalue weighted by atomic mass is 16.2. The summed E-state index contributed by atoms with van der Waals surface area (Å²) in [4.78, 5) is 16.6. The zero-order chi connectivity index (χ0) is 14.8. The molecule has 0 N–H and O–H groups in total. The number of hydrogen-bond acceptors (Lipinski definition) is 4. The molecule has 5 nitrogen and oxygen atoms in total. The summed E-state index contributed by atoms with van der Waals surface area (Å²) in [6.45, 7) is 12.9. The maximum Gasteiger partial charge on any atom is 0.274 e. The van der Waals surface area contributed by atoms with Gasteiger partial charge in [-0.15, -0.1) is 5.10 Å². The number of carbonyl (C=O) groups is 1. The second-order valence-electron chi connectivity index (χ2n) is 6.28. The van der Waals surface area contributed by atoms with Crippen molar-refractivity contribution in [1.82, 2.24) is 20.0 Å². The van der Waals surface area contributed by atoms with Crippen LogP contribution in [0.1, 0.15) is 43.9 Å². The van der Waals surface area contributed by atoms with Gasteiger partial charge >= 0.3 is 0 Å². The van der Waals surface area contributed by atoms with Gasteiger partial charge in [-0.1, -0.05) is 27.7 Å². The molecule has 1 aliphatic rings. The van der Waals surface area contributed by atoms with E-state index in [0.717, 1.165) is 38.4 Å². The molecule has 0 spiro atoms. The molecule has 0 radical (unpaired) electrons. The number of nitrogens with zero attached hydrogens (tertiary/aromatic N) is 4. The van der Waals surface area contributed by atoms with E-state index in [9.17, 15) is 4.79 Å². The van der Waals surface area contributed by atoms with E-state index in [4.69, 9.17) is 0 Å². The van der Waals surface area contributed by atoms with E-state index in [1.54, 1.807) is 6.07 Å². The summed E-state index contributed by atoms with van der Waals surface area (Å²) < 4.78 is 0. The van der Waals surface area contributed by atoms with Crippen LogP contribution < -0.4 is 0 Å². The third-order valence-electron chi connectivity index (χ3n) is 3.76. The highest BCUT2D eigenvalue weighted by Crippen LogP contribution is 2.19. The first-order valence-corrected chi connectivity index (χ1v) is 7.27. The van der Waals surface area contributed by atoms with Gasteiger partial charge in [0.15, 0.2) is 5.69 Å².